The Morgan fingerprint density at radius 3 is 2.67 bits per heavy atom. The summed E-state index contributed by atoms with van der Waals surface area (Å²) < 4.78 is 5.46. The molecule has 1 amide bonds. The number of nitrogens with zero attached hydrogens (tertiary/aromatic N) is 1. The summed E-state index contributed by atoms with van der Waals surface area (Å²) in [5, 5.41) is 6.89. The van der Waals surface area contributed by atoms with Crippen molar-refractivity contribution in [2.24, 2.45) is 5.92 Å². The van der Waals surface area contributed by atoms with Crippen LogP contribution in [0.5, 0.6) is 0 Å². The Morgan fingerprint density at radius 1 is 1.43 bits per heavy atom. The molecule has 1 fully saturated rings. The van der Waals surface area contributed by atoms with Gasteiger partial charge in [0.2, 0.25) is 0 Å². The maximum absolute atomic E-state index is 12.2. The van der Waals surface area contributed by atoms with E-state index in [1.165, 1.54) is 12.8 Å². The van der Waals surface area contributed by atoms with Crippen molar-refractivity contribution < 1.29 is 9.53 Å². The number of hydrogen-bond acceptors (Lipinski definition) is 4. The van der Waals surface area contributed by atoms with E-state index in [1.807, 2.05) is 34.6 Å². The summed E-state index contributed by atoms with van der Waals surface area (Å²) in [5.74, 6) is 0.716. The number of rotatable bonds is 6. The number of amides is 1. The Bertz CT molecular complexity index is 307. The van der Waals surface area contributed by atoms with Crippen LogP contribution >= 0.6 is 0 Å². The lowest BCUT2D eigenvalue weighted by Gasteiger charge is -2.30. The lowest BCUT2D eigenvalue weighted by atomic mass is 10.00. The van der Waals surface area contributed by atoms with Gasteiger partial charge in [0.25, 0.3) is 0 Å². The second-order valence-electron chi connectivity index (χ2n) is 7.18. The first-order valence-corrected chi connectivity index (χ1v) is 8.20. The van der Waals surface area contributed by atoms with Crippen molar-refractivity contribution in [1.82, 2.24) is 15.5 Å². The maximum atomic E-state index is 12.2. The highest BCUT2D eigenvalue weighted by atomic mass is 16.6. The van der Waals surface area contributed by atoms with E-state index in [1.54, 1.807) is 4.90 Å². The molecular formula is C16H33N3O2. The Labute approximate surface area is 129 Å². The van der Waals surface area contributed by atoms with E-state index in [2.05, 4.69) is 10.6 Å². The number of carbonyl (C=O) groups is 1. The Balaban J connectivity index is 2.28. The van der Waals surface area contributed by atoms with E-state index in [0.29, 0.717) is 12.5 Å². The zero-order valence-corrected chi connectivity index (χ0v) is 14.4. The minimum absolute atomic E-state index is 0.151. The summed E-state index contributed by atoms with van der Waals surface area (Å²) in [4.78, 5) is 14.0. The molecule has 1 unspecified atom stereocenters. The highest BCUT2D eigenvalue weighted by Crippen LogP contribution is 2.12. The van der Waals surface area contributed by atoms with Crippen LogP contribution < -0.4 is 10.6 Å². The van der Waals surface area contributed by atoms with Crippen LogP contribution in [0.1, 0.15) is 47.5 Å². The molecule has 0 saturated carbocycles. The van der Waals surface area contributed by atoms with Crippen LogP contribution in [0.3, 0.4) is 0 Å². The Morgan fingerprint density at radius 2 is 2.14 bits per heavy atom. The lowest BCUT2D eigenvalue weighted by Crippen LogP contribution is -2.45. The average molecular weight is 299 g/mol. The van der Waals surface area contributed by atoms with E-state index in [0.717, 1.165) is 26.2 Å². The molecule has 1 saturated heterocycles. The highest BCUT2D eigenvalue weighted by molar-refractivity contribution is 5.68. The normalized spacial score (nSPS) is 19.6. The van der Waals surface area contributed by atoms with Gasteiger partial charge in [0, 0.05) is 19.1 Å². The molecule has 5 nitrogen and oxygen atoms in total. The smallest absolute Gasteiger partial charge is 0.410 e. The molecule has 1 atom stereocenters. The second kappa shape index (κ2) is 8.59. The monoisotopic (exact) mass is 299 g/mol. The summed E-state index contributed by atoms with van der Waals surface area (Å²) in [6.45, 7) is 14.5. The third-order valence-electron chi connectivity index (χ3n) is 3.61. The van der Waals surface area contributed by atoms with E-state index in [-0.39, 0.29) is 12.1 Å². The summed E-state index contributed by atoms with van der Waals surface area (Å²) in [7, 11) is 0. The Kier molecular flexibility index (Phi) is 7.46. The van der Waals surface area contributed by atoms with Crippen LogP contribution in [0, 0.1) is 5.92 Å². The quantitative estimate of drug-likeness (QED) is 0.739. The van der Waals surface area contributed by atoms with Crippen LogP contribution in [-0.2, 0) is 4.74 Å². The van der Waals surface area contributed by atoms with Gasteiger partial charge in [-0.2, -0.15) is 0 Å². The van der Waals surface area contributed by atoms with Crippen molar-refractivity contribution in [1.29, 1.82) is 0 Å². The van der Waals surface area contributed by atoms with Gasteiger partial charge in [0.15, 0.2) is 0 Å². The van der Waals surface area contributed by atoms with Crippen LogP contribution in [0.25, 0.3) is 0 Å². The molecule has 5 heteroatoms. The summed E-state index contributed by atoms with van der Waals surface area (Å²) >= 11 is 0. The average Bonchev–Trinajstić information content (AvgIpc) is 2.37. The van der Waals surface area contributed by atoms with Gasteiger partial charge >= 0.3 is 6.09 Å². The van der Waals surface area contributed by atoms with Gasteiger partial charge in [-0.15, -0.1) is 0 Å². The standard InChI is InChI=1S/C16H33N3O2/c1-13(2)19(15(20)21-16(3,4)5)10-9-18-12-14-7-6-8-17-11-14/h13-14,17-18H,6-12H2,1-5H3. The van der Waals surface area contributed by atoms with Crippen LogP contribution in [0.4, 0.5) is 4.79 Å². The minimum Gasteiger partial charge on any atom is -0.444 e. The molecule has 0 aromatic rings. The first-order valence-electron chi connectivity index (χ1n) is 8.20. The molecule has 0 aromatic carbocycles. The maximum Gasteiger partial charge on any atom is 0.410 e. The number of hydrogen-bond donors (Lipinski definition) is 2. The predicted molar refractivity (Wildman–Crippen MR) is 86.5 cm³/mol. The number of ether oxygens (including phenoxy) is 1. The van der Waals surface area contributed by atoms with E-state index < -0.39 is 5.60 Å². The molecule has 1 rings (SSSR count). The summed E-state index contributed by atoms with van der Waals surface area (Å²) in [6, 6.07) is 0.151. The fourth-order valence-corrected chi connectivity index (χ4v) is 2.48. The summed E-state index contributed by atoms with van der Waals surface area (Å²) in [5.41, 5.74) is -0.439. The van der Waals surface area contributed by atoms with Gasteiger partial charge < -0.3 is 20.3 Å². The molecule has 1 aliphatic heterocycles. The first-order chi connectivity index (χ1) is 9.79. The third-order valence-corrected chi connectivity index (χ3v) is 3.61. The zero-order chi connectivity index (χ0) is 15.9. The molecule has 0 aliphatic carbocycles. The number of carbonyl (C=O) groups excluding carboxylic acids is 1. The number of nitrogens with one attached hydrogen (secondary N) is 2. The van der Waals surface area contributed by atoms with Crippen LogP contribution in [0.2, 0.25) is 0 Å². The van der Waals surface area contributed by atoms with Gasteiger partial charge in [-0.25, -0.2) is 4.79 Å². The van der Waals surface area contributed by atoms with Crippen molar-refractivity contribution in [3.8, 4) is 0 Å². The largest absolute Gasteiger partial charge is 0.444 e. The van der Waals surface area contributed by atoms with Crippen molar-refractivity contribution >= 4 is 6.09 Å². The van der Waals surface area contributed by atoms with Crippen LogP contribution in [0.15, 0.2) is 0 Å². The molecular weight excluding hydrogens is 266 g/mol. The molecule has 2 N–H and O–H groups in total. The van der Waals surface area contributed by atoms with Crippen molar-refractivity contribution in [3.63, 3.8) is 0 Å². The molecule has 1 heterocycles. The first kappa shape index (κ1) is 18.2. The number of piperidine rings is 1. The predicted octanol–water partition coefficient (Wildman–Crippen LogP) is 2.22. The van der Waals surface area contributed by atoms with E-state index in [9.17, 15) is 4.79 Å². The van der Waals surface area contributed by atoms with E-state index in [4.69, 9.17) is 4.74 Å². The zero-order valence-electron chi connectivity index (χ0n) is 14.4. The van der Waals surface area contributed by atoms with Gasteiger partial charge in [0.05, 0.1) is 0 Å². The fraction of sp³-hybridized carbons (Fsp3) is 0.938. The van der Waals surface area contributed by atoms with Gasteiger partial charge in [0.1, 0.15) is 5.60 Å². The summed E-state index contributed by atoms with van der Waals surface area (Å²) in [6.07, 6.45) is 2.33. The third kappa shape index (κ3) is 7.67. The van der Waals surface area contributed by atoms with Crippen molar-refractivity contribution in [2.75, 3.05) is 32.7 Å². The molecule has 0 bridgehead atoms. The van der Waals surface area contributed by atoms with Gasteiger partial charge in [-0.3, -0.25) is 0 Å². The van der Waals surface area contributed by atoms with Crippen LogP contribution in [-0.4, -0.2) is 55.4 Å². The van der Waals surface area contributed by atoms with Crippen molar-refractivity contribution in [2.45, 2.75) is 59.1 Å². The molecule has 21 heavy (non-hydrogen) atoms. The van der Waals surface area contributed by atoms with Gasteiger partial charge in [-0.05, 0) is 73.0 Å². The highest BCUT2D eigenvalue weighted by Gasteiger charge is 2.23. The molecule has 0 aromatic heterocycles. The lowest BCUT2D eigenvalue weighted by molar-refractivity contribution is 0.0193. The second-order valence-corrected chi connectivity index (χ2v) is 7.18. The topological polar surface area (TPSA) is 53.6 Å². The van der Waals surface area contributed by atoms with Gasteiger partial charge in [-0.1, -0.05) is 0 Å². The molecule has 124 valence electrons. The van der Waals surface area contributed by atoms with E-state index >= 15 is 0 Å². The molecule has 1 aliphatic rings. The van der Waals surface area contributed by atoms with Crippen molar-refractivity contribution in [3.05, 3.63) is 0 Å². The minimum atomic E-state index is -0.439. The Hall–Kier alpha value is -0.810. The fourth-order valence-electron chi connectivity index (χ4n) is 2.48. The molecule has 0 spiro atoms. The SMILES string of the molecule is CC(C)N(CCNCC1CCCNC1)C(=O)OC(C)(C)C. The molecule has 0 radical (unpaired) electrons.